The van der Waals surface area contributed by atoms with Gasteiger partial charge in [-0.15, -0.1) is 12.4 Å². The van der Waals surface area contributed by atoms with Crippen LogP contribution in [0.15, 0.2) is 18.2 Å². The molecule has 2 aliphatic rings. The fourth-order valence-corrected chi connectivity index (χ4v) is 4.02. The largest absolute Gasteiger partial charge is 0.493 e. The topological polar surface area (TPSA) is 79.9 Å². The van der Waals surface area contributed by atoms with E-state index in [9.17, 15) is 9.59 Å². The molecule has 0 aliphatic carbocycles. The Labute approximate surface area is 178 Å². The molecule has 1 aromatic carbocycles. The molecule has 7 nitrogen and oxygen atoms in total. The fourth-order valence-electron chi connectivity index (χ4n) is 4.02. The lowest BCUT2D eigenvalue weighted by Crippen LogP contribution is -2.44. The number of benzene rings is 1. The number of carbonyl (C=O) groups is 2. The van der Waals surface area contributed by atoms with Crippen LogP contribution in [-0.4, -0.2) is 62.7 Å². The average Bonchev–Trinajstić information content (AvgIpc) is 3.13. The number of rotatable bonds is 6. The van der Waals surface area contributed by atoms with Crippen LogP contribution in [0.25, 0.3) is 0 Å². The lowest BCUT2D eigenvalue weighted by atomic mass is 9.78. The second-order valence-corrected chi connectivity index (χ2v) is 8.10. The highest BCUT2D eigenvalue weighted by Crippen LogP contribution is 2.37. The van der Waals surface area contributed by atoms with Gasteiger partial charge in [-0.2, -0.15) is 0 Å². The third-order valence-electron chi connectivity index (χ3n) is 5.66. The van der Waals surface area contributed by atoms with Gasteiger partial charge in [0.1, 0.15) is 0 Å². The molecular formula is C21H32ClN3O4. The van der Waals surface area contributed by atoms with Gasteiger partial charge in [-0.1, -0.05) is 0 Å². The minimum absolute atomic E-state index is 0. The van der Waals surface area contributed by atoms with Crippen LogP contribution in [-0.2, 0) is 4.79 Å². The van der Waals surface area contributed by atoms with Gasteiger partial charge in [-0.3, -0.25) is 9.59 Å². The summed E-state index contributed by atoms with van der Waals surface area (Å²) in [5, 5.41) is 6.22. The summed E-state index contributed by atoms with van der Waals surface area (Å²) in [5.41, 5.74) is 0.958. The zero-order valence-electron chi connectivity index (χ0n) is 17.5. The van der Waals surface area contributed by atoms with Gasteiger partial charge >= 0.3 is 0 Å². The standard InChI is InChI=1S/C21H31N3O4.ClH/c1-15(2)23-19(25)13-28-17-5-4-16(12-18(17)27-3)20(26)24-10-7-21(8-11-24)6-9-22-14-21;/h4-5,12,15,22H,6-11,13-14H2,1-3H3,(H,23,25);1H. The molecule has 2 N–H and O–H groups in total. The van der Waals surface area contributed by atoms with E-state index in [1.54, 1.807) is 18.2 Å². The van der Waals surface area contributed by atoms with Gasteiger partial charge in [-0.25, -0.2) is 0 Å². The Morgan fingerprint density at radius 2 is 1.93 bits per heavy atom. The molecule has 0 saturated carbocycles. The number of carbonyl (C=O) groups excluding carboxylic acids is 2. The van der Waals surface area contributed by atoms with Crippen molar-refractivity contribution in [2.24, 2.45) is 5.41 Å². The molecule has 3 rings (SSSR count). The molecule has 0 bridgehead atoms. The minimum Gasteiger partial charge on any atom is -0.493 e. The van der Waals surface area contributed by atoms with Crippen LogP contribution < -0.4 is 20.1 Å². The summed E-state index contributed by atoms with van der Waals surface area (Å²) in [6.07, 6.45) is 3.31. The number of likely N-dealkylation sites (tertiary alicyclic amines) is 1. The summed E-state index contributed by atoms with van der Waals surface area (Å²) >= 11 is 0. The lowest BCUT2D eigenvalue weighted by molar-refractivity contribution is -0.123. The maximum atomic E-state index is 12.9. The SMILES string of the molecule is COc1cc(C(=O)N2CCC3(CCNC3)CC2)ccc1OCC(=O)NC(C)C.Cl. The Kier molecular flexibility index (Phi) is 8.16. The van der Waals surface area contributed by atoms with Crippen LogP contribution in [0.1, 0.15) is 43.5 Å². The Bertz CT molecular complexity index is 710. The van der Waals surface area contributed by atoms with Crippen molar-refractivity contribution in [3.8, 4) is 11.5 Å². The van der Waals surface area contributed by atoms with Gasteiger partial charge in [0, 0.05) is 31.2 Å². The van der Waals surface area contributed by atoms with Gasteiger partial charge in [0.15, 0.2) is 18.1 Å². The summed E-state index contributed by atoms with van der Waals surface area (Å²) in [6, 6.07) is 5.18. The second kappa shape index (κ2) is 10.2. The van der Waals surface area contributed by atoms with Crippen molar-refractivity contribution < 1.29 is 19.1 Å². The van der Waals surface area contributed by atoms with Gasteiger partial charge in [-0.05, 0) is 63.3 Å². The molecule has 2 heterocycles. The number of nitrogens with zero attached hydrogens (tertiary/aromatic N) is 1. The van der Waals surface area contributed by atoms with Crippen LogP contribution >= 0.6 is 12.4 Å². The minimum atomic E-state index is -0.194. The molecule has 0 radical (unpaired) electrons. The number of piperidine rings is 1. The van der Waals surface area contributed by atoms with Crippen molar-refractivity contribution in [1.29, 1.82) is 0 Å². The van der Waals surface area contributed by atoms with E-state index >= 15 is 0 Å². The van der Waals surface area contributed by atoms with Gasteiger partial charge < -0.3 is 25.0 Å². The molecule has 29 heavy (non-hydrogen) atoms. The first-order chi connectivity index (χ1) is 13.4. The highest BCUT2D eigenvalue weighted by atomic mass is 35.5. The van der Waals surface area contributed by atoms with Gasteiger partial charge in [0.05, 0.1) is 7.11 Å². The third-order valence-corrected chi connectivity index (χ3v) is 5.66. The summed E-state index contributed by atoms with van der Waals surface area (Å²) in [5.74, 6) is 0.730. The maximum absolute atomic E-state index is 12.9. The molecule has 0 aromatic heterocycles. The summed E-state index contributed by atoms with van der Waals surface area (Å²) < 4.78 is 10.9. The number of hydrogen-bond donors (Lipinski definition) is 2. The molecule has 0 atom stereocenters. The Balaban J connectivity index is 0.00000300. The number of halogens is 1. The van der Waals surface area contributed by atoms with E-state index in [2.05, 4.69) is 10.6 Å². The number of ether oxygens (including phenoxy) is 2. The molecule has 2 saturated heterocycles. The highest BCUT2D eigenvalue weighted by molar-refractivity contribution is 5.95. The van der Waals surface area contributed by atoms with Gasteiger partial charge in [0.2, 0.25) is 0 Å². The Morgan fingerprint density at radius 3 is 2.52 bits per heavy atom. The molecule has 2 fully saturated rings. The average molecular weight is 426 g/mol. The van der Waals surface area contributed by atoms with E-state index in [1.165, 1.54) is 13.5 Å². The van der Waals surface area contributed by atoms with Crippen LogP contribution in [0.3, 0.4) is 0 Å². The number of methoxy groups -OCH3 is 1. The van der Waals surface area contributed by atoms with Crippen molar-refractivity contribution in [2.45, 2.75) is 39.2 Å². The molecule has 1 spiro atoms. The molecule has 0 unspecified atom stereocenters. The van der Waals surface area contributed by atoms with Crippen molar-refractivity contribution in [2.75, 3.05) is 39.9 Å². The van der Waals surface area contributed by atoms with Crippen LogP contribution in [0, 0.1) is 5.41 Å². The first kappa shape index (κ1) is 23.3. The maximum Gasteiger partial charge on any atom is 0.258 e. The van der Waals surface area contributed by atoms with Crippen molar-refractivity contribution in [3.05, 3.63) is 23.8 Å². The molecule has 162 valence electrons. The van der Waals surface area contributed by atoms with Crippen LogP contribution in [0.2, 0.25) is 0 Å². The zero-order chi connectivity index (χ0) is 20.1. The van der Waals surface area contributed by atoms with E-state index < -0.39 is 0 Å². The first-order valence-corrected chi connectivity index (χ1v) is 10.0. The number of nitrogens with one attached hydrogen (secondary N) is 2. The first-order valence-electron chi connectivity index (χ1n) is 10.0. The predicted octanol–water partition coefficient (Wildman–Crippen LogP) is 2.24. The van der Waals surface area contributed by atoms with Gasteiger partial charge in [0.25, 0.3) is 11.8 Å². The molecule has 1 aromatic rings. The van der Waals surface area contributed by atoms with Crippen molar-refractivity contribution in [1.82, 2.24) is 15.5 Å². The Hall–Kier alpha value is -1.99. The van der Waals surface area contributed by atoms with Crippen molar-refractivity contribution >= 4 is 24.2 Å². The van der Waals surface area contributed by atoms with E-state index in [0.717, 1.165) is 39.0 Å². The normalized spacial score (nSPS) is 17.7. The zero-order valence-corrected chi connectivity index (χ0v) is 18.3. The molecular weight excluding hydrogens is 394 g/mol. The lowest BCUT2D eigenvalue weighted by Gasteiger charge is -2.39. The van der Waals surface area contributed by atoms with E-state index in [4.69, 9.17) is 9.47 Å². The summed E-state index contributed by atoms with van der Waals surface area (Å²) in [6.45, 7) is 7.42. The van der Waals surface area contributed by atoms with Crippen LogP contribution in [0.5, 0.6) is 11.5 Å². The molecule has 2 aliphatic heterocycles. The summed E-state index contributed by atoms with van der Waals surface area (Å²) in [7, 11) is 1.53. The number of hydrogen-bond acceptors (Lipinski definition) is 5. The Morgan fingerprint density at radius 1 is 1.21 bits per heavy atom. The van der Waals surface area contributed by atoms with E-state index in [1.807, 2.05) is 18.7 Å². The van der Waals surface area contributed by atoms with E-state index in [0.29, 0.717) is 22.5 Å². The molecule has 2 amide bonds. The third kappa shape index (κ3) is 5.76. The monoisotopic (exact) mass is 425 g/mol. The second-order valence-electron chi connectivity index (χ2n) is 8.10. The predicted molar refractivity (Wildman–Crippen MR) is 114 cm³/mol. The smallest absolute Gasteiger partial charge is 0.258 e. The summed E-state index contributed by atoms with van der Waals surface area (Å²) in [4.78, 5) is 26.6. The quantitative estimate of drug-likeness (QED) is 0.730. The molecule has 8 heteroatoms. The fraction of sp³-hybridized carbons (Fsp3) is 0.619. The van der Waals surface area contributed by atoms with E-state index in [-0.39, 0.29) is 36.9 Å². The number of amides is 2. The van der Waals surface area contributed by atoms with Crippen molar-refractivity contribution in [3.63, 3.8) is 0 Å². The highest BCUT2D eigenvalue weighted by Gasteiger charge is 2.38. The van der Waals surface area contributed by atoms with Crippen LogP contribution in [0.4, 0.5) is 0 Å².